The van der Waals surface area contributed by atoms with Crippen LogP contribution in [0.4, 0.5) is 0 Å². The SMILES string of the molecule is N#Cc1ccc2c(c1)nc1c3ccc4c(=O)c5cc6c7c(ccc8c(=O)c9cc(c(=O)n21)c3c4c9c5c87)c(=O)n1c2cc(C#N)ccc2nc61. The molecule has 0 unspecified atom stereocenters. The first-order valence-corrected chi connectivity index (χ1v) is 15.7. The van der Waals surface area contributed by atoms with Crippen LogP contribution in [0.25, 0.3) is 109 Å². The summed E-state index contributed by atoms with van der Waals surface area (Å²) in [5.74, 6) is 0. The molecule has 0 saturated carbocycles. The van der Waals surface area contributed by atoms with Crippen molar-refractivity contribution in [2.75, 3.05) is 0 Å². The second-order valence-corrected chi connectivity index (χ2v) is 13.0. The van der Waals surface area contributed by atoms with E-state index in [1.54, 1.807) is 72.8 Å². The summed E-state index contributed by atoms with van der Waals surface area (Å²) in [4.78, 5) is 67.4. The van der Waals surface area contributed by atoms with Gasteiger partial charge in [-0.15, -0.1) is 0 Å². The molecule has 4 heterocycles. The number of hydrogen-bond acceptors (Lipinski definition) is 8. The second kappa shape index (κ2) is 7.93. The molecule has 4 aromatic heterocycles. The lowest BCUT2D eigenvalue weighted by atomic mass is 9.83. The minimum absolute atomic E-state index is 0.275. The van der Waals surface area contributed by atoms with E-state index in [0.717, 1.165) is 0 Å². The minimum atomic E-state index is -0.384. The van der Waals surface area contributed by atoms with Gasteiger partial charge in [0, 0.05) is 75.4 Å². The summed E-state index contributed by atoms with van der Waals surface area (Å²) in [5, 5.41) is 25.4. The van der Waals surface area contributed by atoms with E-state index in [-0.39, 0.29) is 27.4 Å². The molecule has 50 heavy (non-hydrogen) atoms. The molecule has 10 heteroatoms. The molecule has 0 atom stereocenters. The van der Waals surface area contributed by atoms with Gasteiger partial charge in [-0.3, -0.25) is 28.0 Å². The fourth-order valence-electron chi connectivity index (χ4n) is 8.69. The smallest absolute Gasteiger partial charge is 0.264 e. The molecule has 0 radical (unpaired) electrons. The number of aromatic nitrogens is 4. The van der Waals surface area contributed by atoms with Crippen molar-refractivity contribution in [1.82, 2.24) is 18.8 Å². The third kappa shape index (κ3) is 2.57. The third-order valence-electron chi connectivity index (χ3n) is 10.7. The lowest BCUT2D eigenvalue weighted by Gasteiger charge is -2.19. The second-order valence-electron chi connectivity index (χ2n) is 13.0. The molecule has 0 aliphatic heterocycles. The van der Waals surface area contributed by atoms with Gasteiger partial charge in [-0.05, 0) is 72.8 Å². The van der Waals surface area contributed by atoms with Crippen molar-refractivity contribution in [3.8, 4) is 12.1 Å². The fraction of sp³-hybridized carbons (Fsp3) is 0. The Hall–Kier alpha value is -7.56. The zero-order valence-electron chi connectivity index (χ0n) is 25.2. The molecule has 0 spiro atoms. The topological polar surface area (TPSA) is 150 Å². The number of hydrogen-bond donors (Lipinski definition) is 0. The highest BCUT2D eigenvalue weighted by Crippen LogP contribution is 2.45. The molecule has 0 fully saturated rings. The average molecular weight is 641 g/mol. The summed E-state index contributed by atoms with van der Waals surface area (Å²) in [7, 11) is 0. The van der Waals surface area contributed by atoms with Gasteiger partial charge < -0.3 is 0 Å². The van der Waals surface area contributed by atoms with Crippen LogP contribution in [0.2, 0.25) is 0 Å². The number of nitriles is 2. The minimum Gasteiger partial charge on any atom is -0.289 e. The van der Waals surface area contributed by atoms with Crippen LogP contribution in [0, 0.1) is 22.7 Å². The maximum atomic E-state index is 14.7. The molecular weight excluding hydrogens is 628 g/mol. The Morgan fingerprint density at radius 2 is 0.960 bits per heavy atom. The molecule has 12 rings (SSSR count). The zero-order valence-corrected chi connectivity index (χ0v) is 25.2. The van der Waals surface area contributed by atoms with Crippen molar-refractivity contribution in [3.05, 3.63) is 125 Å². The van der Waals surface area contributed by atoms with Crippen molar-refractivity contribution >= 4 is 109 Å². The first-order valence-electron chi connectivity index (χ1n) is 15.7. The van der Waals surface area contributed by atoms with Gasteiger partial charge in [-0.25, -0.2) is 9.97 Å². The highest BCUT2D eigenvalue weighted by Gasteiger charge is 2.28. The van der Waals surface area contributed by atoms with Gasteiger partial charge >= 0.3 is 0 Å². The van der Waals surface area contributed by atoms with E-state index in [1.807, 2.05) is 0 Å². The fourth-order valence-corrected chi connectivity index (χ4v) is 8.69. The molecular formula is C40H12N6O4. The summed E-state index contributed by atoms with van der Waals surface area (Å²) in [6, 6.07) is 24.3. The normalized spacial score (nSPS) is 12.7. The van der Waals surface area contributed by atoms with Crippen molar-refractivity contribution in [1.29, 1.82) is 10.5 Å². The van der Waals surface area contributed by atoms with E-state index in [0.29, 0.717) is 115 Å². The highest BCUT2D eigenvalue weighted by atomic mass is 16.1. The molecule has 0 bridgehead atoms. The number of imidazole rings is 2. The van der Waals surface area contributed by atoms with Crippen LogP contribution in [0.15, 0.2) is 92.0 Å². The van der Waals surface area contributed by atoms with Crippen molar-refractivity contribution in [2.24, 2.45) is 0 Å². The Bertz CT molecular complexity index is 3940. The van der Waals surface area contributed by atoms with Gasteiger partial charge in [0.1, 0.15) is 11.3 Å². The number of benzene rings is 8. The number of fused-ring (bicyclic) bond motifs is 8. The van der Waals surface area contributed by atoms with Crippen LogP contribution in [0.1, 0.15) is 11.1 Å². The summed E-state index contributed by atoms with van der Waals surface area (Å²) in [5.41, 5.74) is 2.20. The van der Waals surface area contributed by atoms with Gasteiger partial charge in [0.25, 0.3) is 11.1 Å². The average Bonchev–Trinajstić information content (AvgIpc) is 3.72. The summed E-state index contributed by atoms with van der Waals surface area (Å²) >= 11 is 0. The van der Waals surface area contributed by atoms with Gasteiger partial charge in [0.05, 0.1) is 45.3 Å². The van der Waals surface area contributed by atoms with Crippen molar-refractivity contribution in [2.45, 2.75) is 0 Å². The van der Waals surface area contributed by atoms with Crippen molar-refractivity contribution in [3.63, 3.8) is 0 Å². The van der Waals surface area contributed by atoms with Gasteiger partial charge in [-0.2, -0.15) is 10.5 Å². The molecule has 0 saturated heterocycles. The standard InChI is InChI=1S/C40H12N6O4/c41-13-15-2-8-27-26(9-15)44-37-19-5-3-17-31-29(19)24(40(50)45(27)37)12-22-34(31)33-21(35(17)47)11-23-30-20(6-4-18(32(30)33)36(22)48)39(49)46-28-10-16(14-42)1-7-25(28)43-38(23)46/h1-12H. The predicted molar refractivity (Wildman–Crippen MR) is 192 cm³/mol. The first kappa shape index (κ1) is 25.5. The van der Waals surface area contributed by atoms with E-state index in [9.17, 15) is 29.7 Å². The highest BCUT2D eigenvalue weighted by molar-refractivity contribution is 6.43. The Morgan fingerprint density at radius 3 is 1.68 bits per heavy atom. The van der Waals surface area contributed by atoms with E-state index in [2.05, 4.69) is 12.1 Å². The van der Waals surface area contributed by atoms with Gasteiger partial charge in [0.15, 0.2) is 10.9 Å². The van der Waals surface area contributed by atoms with E-state index < -0.39 is 0 Å². The van der Waals surface area contributed by atoms with Gasteiger partial charge in [0.2, 0.25) is 0 Å². The molecule has 0 N–H and O–H groups in total. The maximum absolute atomic E-state index is 14.7. The number of pyridine rings is 2. The Balaban J connectivity index is 1.38. The lowest BCUT2D eigenvalue weighted by Crippen LogP contribution is -2.17. The van der Waals surface area contributed by atoms with Crippen LogP contribution in [0.5, 0.6) is 0 Å². The van der Waals surface area contributed by atoms with Crippen molar-refractivity contribution < 1.29 is 0 Å². The summed E-state index contributed by atoms with van der Waals surface area (Å²) < 4.78 is 2.98. The lowest BCUT2D eigenvalue weighted by molar-refractivity contribution is 1.19. The molecule has 12 aromatic rings. The third-order valence-corrected chi connectivity index (χ3v) is 10.7. The Kier molecular flexibility index (Phi) is 4.05. The van der Waals surface area contributed by atoms with Crippen LogP contribution >= 0.6 is 0 Å². The number of rotatable bonds is 0. The Morgan fingerprint density at radius 1 is 0.440 bits per heavy atom. The number of nitrogens with zero attached hydrogens (tertiary/aromatic N) is 6. The quantitative estimate of drug-likeness (QED) is 0.151. The predicted octanol–water partition coefficient (Wildman–Crippen LogP) is 5.73. The molecule has 226 valence electrons. The first-order chi connectivity index (χ1) is 24.4. The zero-order chi connectivity index (χ0) is 33.5. The molecule has 0 amide bonds. The molecule has 8 aromatic carbocycles. The maximum Gasteiger partial charge on any atom is 0.264 e. The molecule has 10 nitrogen and oxygen atoms in total. The van der Waals surface area contributed by atoms with Crippen LogP contribution < -0.4 is 22.0 Å². The Labute approximate surface area is 274 Å². The summed E-state index contributed by atoms with van der Waals surface area (Å²) in [6.07, 6.45) is 0. The monoisotopic (exact) mass is 640 g/mol. The molecule has 0 aliphatic rings. The van der Waals surface area contributed by atoms with Gasteiger partial charge in [-0.1, -0.05) is 0 Å². The molecule has 0 aliphatic carbocycles. The van der Waals surface area contributed by atoms with E-state index in [4.69, 9.17) is 9.97 Å². The van der Waals surface area contributed by atoms with Crippen LogP contribution in [-0.2, 0) is 0 Å². The van der Waals surface area contributed by atoms with Crippen LogP contribution in [-0.4, -0.2) is 18.8 Å². The summed E-state index contributed by atoms with van der Waals surface area (Å²) in [6.45, 7) is 0. The van der Waals surface area contributed by atoms with E-state index >= 15 is 0 Å². The van der Waals surface area contributed by atoms with Crippen LogP contribution in [0.3, 0.4) is 0 Å². The van der Waals surface area contributed by atoms with E-state index in [1.165, 1.54) is 8.80 Å². The largest absolute Gasteiger partial charge is 0.289 e.